The molecule has 0 radical (unpaired) electrons. The van der Waals surface area contributed by atoms with E-state index in [-0.39, 0.29) is 23.8 Å². The van der Waals surface area contributed by atoms with Gasteiger partial charge in [0, 0.05) is 19.0 Å². The van der Waals surface area contributed by atoms with Gasteiger partial charge in [-0.25, -0.2) is 0 Å². The van der Waals surface area contributed by atoms with Gasteiger partial charge in [-0.2, -0.15) is 0 Å². The molecule has 1 heterocycles. The summed E-state index contributed by atoms with van der Waals surface area (Å²) in [7, 11) is 1.90. The highest BCUT2D eigenvalue weighted by Crippen LogP contribution is 2.07. The van der Waals surface area contributed by atoms with Crippen molar-refractivity contribution < 1.29 is 9.59 Å². The molecular weight excluding hydrogens is 168 g/mol. The lowest BCUT2D eigenvalue weighted by molar-refractivity contribution is -0.129. The molecule has 0 unspecified atom stereocenters. The Bertz CT molecular complexity index is 228. The Morgan fingerprint density at radius 3 is 2.77 bits per heavy atom. The van der Waals surface area contributed by atoms with Crippen LogP contribution in [0.2, 0.25) is 0 Å². The molecular formula is C9H16N2O2. The van der Waals surface area contributed by atoms with Crippen molar-refractivity contribution in [2.45, 2.75) is 32.4 Å². The second kappa shape index (κ2) is 3.87. The Hall–Kier alpha value is -0.900. The van der Waals surface area contributed by atoms with E-state index in [1.165, 1.54) is 0 Å². The number of amides is 1. The summed E-state index contributed by atoms with van der Waals surface area (Å²) in [6.07, 6.45) is 0.433. The molecule has 0 aromatic rings. The van der Waals surface area contributed by atoms with Crippen molar-refractivity contribution in [2.24, 2.45) is 0 Å². The van der Waals surface area contributed by atoms with Gasteiger partial charge in [0.25, 0.3) is 0 Å². The zero-order chi connectivity index (χ0) is 10.0. The number of carbonyl (C=O) groups excluding carboxylic acids is 2. The monoisotopic (exact) mass is 184 g/mol. The molecule has 1 amide bonds. The SMILES string of the molecule is CC(=O)C[C@H]1CN(C)[C@@H](C)C(=O)N1. The number of rotatable bonds is 2. The lowest BCUT2D eigenvalue weighted by Crippen LogP contribution is -2.57. The molecule has 4 heteroatoms. The molecule has 13 heavy (non-hydrogen) atoms. The highest BCUT2D eigenvalue weighted by molar-refractivity contribution is 5.84. The third-order valence-electron chi connectivity index (χ3n) is 2.43. The van der Waals surface area contributed by atoms with Crippen molar-refractivity contribution in [3.8, 4) is 0 Å². The summed E-state index contributed by atoms with van der Waals surface area (Å²) in [5, 5.41) is 2.83. The standard InChI is InChI=1S/C9H16N2O2/c1-6(12)4-8-5-11(3)7(2)9(13)10-8/h7-8H,4-5H2,1-3H3,(H,10,13)/t7-,8-/m0/s1. The van der Waals surface area contributed by atoms with E-state index >= 15 is 0 Å². The normalized spacial score (nSPS) is 29.9. The van der Waals surface area contributed by atoms with E-state index < -0.39 is 0 Å². The Morgan fingerprint density at radius 2 is 2.31 bits per heavy atom. The van der Waals surface area contributed by atoms with E-state index in [1.54, 1.807) is 6.92 Å². The van der Waals surface area contributed by atoms with Crippen LogP contribution in [0.1, 0.15) is 20.3 Å². The molecule has 0 aromatic carbocycles. The van der Waals surface area contributed by atoms with Crippen molar-refractivity contribution >= 4 is 11.7 Å². The van der Waals surface area contributed by atoms with E-state index in [0.29, 0.717) is 6.42 Å². The van der Waals surface area contributed by atoms with Gasteiger partial charge in [-0.15, -0.1) is 0 Å². The lowest BCUT2D eigenvalue weighted by Gasteiger charge is -2.34. The lowest BCUT2D eigenvalue weighted by atomic mass is 10.1. The first-order valence-electron chi connectivity index (χ1n) is 4.50. The Morgan fingerprint density at radius 1 is 1.69 bits per heavy atom. The largest absolute Gasteiger partial charge is 0.350 e. The van der Waals surface area contributed by atoms with Crippen LogP contribution in [0, 0.1) is 0 Å². The average molecular weight is 184 g/mol. The van der Waals surface area contributed by atoms with Gasteiger partial charge >= 0.3 is 0 Å². The predicted molar refractivity (Wildman–Crippen MR) is 49.3 cm³/mol. The van der Waals surface area contributed by atoms with Gasteiger partial charge in [0.1, 0.15) is 5.78 Å². The van der Waals surface area contributed by atoms with Crippen molar-refractivity contribution in [3.63, 3.8) is 0 Å². The van der Waals surface area contributed by atoms with Crippen molar-refractivity contribution in [1.29, 1.82) is 0 Å². The molecule has 1 fully saturated rings. The van der Waals surface area contributed by atoms with Crippen molar-refractivity contribution in [1.82, 2.24) is 10.2 Å². The van der Waals surface area contributed by atoms with Crippen molar-refractivity contribution in [2.75, 3.05) is 13.6 Å². The van der Waals surface area contributed by atoms with Crippen LogP contribution in [0.3, 0.4) is 0 Å². The third-order valence-corrected chi connectivity index (χ3v) is 2.43. The molecule has 1 rings (SSSR count). The Kier molecular flexibility index (Phi) is 3.03. The molecule has 0 aromatic heterocycles. The summed E-state index contributed by atoms with van der Waals surface area (Å²) in [4.78, 5) is 24.1. The zero-order valence-corrected chi connectivity index (χ0v) is 8.33. The minimum absolute atomic E-state index is 0.00815. The molecule has 74 valence electrons. The predicted octanol–water partition coefficient (Wildman–Crippen LogP) is -0.216. The number of hydrogen-bond acceptors (Lipinski definition) is 3. The topological polar surface area (TPSA) is 49.4 Å². The van der Waals surface area contributed by atoms with Crippen LogP contribution in [0.4, 0.5) is 0 Å². The molecule has 0 spiro atoms. The molecule has 1 aliphatic rings. The van der Waals surface area contributed by atoms with Gasteiger partial charge < -0.3 is 5.32 Å². The number of hydrogen-bond donors (Lipinski definition) is 1. The van der Waals surface area contributed by atoms with E-state index in [2.05, 4.69) is 5.32 Å². The summed E-state index contributed by atoms with van der Waals surface area (Å²) in [5.74, 6) is 0.133. The number of piperazine rings is 1. The molecule has 0 aliphatic carbocycles. The number of ketones is 1. The van der Waals surface area contributed by atoms with E-state index in [9.17, 15) is 9.59 Å². The first-order valence-corrected chi connectivity index (χ1v) is 4.50. The summed E-state index contributed by atoms with van der Waals surface area (Å²) >= 11 is 0. The van der Waals surface area contributed by atoms with Crippen LogP contribution in [0.15, 0.2) is 0 Å². The van der Waals surface area contributed by atoms with Crippen LogP contribution in [0.5, 0.6) is 0 Å². The smallest absolute Gasteiger partial charge is 0.237 e. The Balaban J connectivity index is 2.53. The van der Waals surface area contributed by atoms with E-state index in [4.69, 9.17) is 0 Å². The summed E-state index contributed by atoms with van der Waals surface area (Å²) in [6.45, 7) is 4.16. The first kappa shape index (κ1) is 10.2. The maximum atomic E-state index is 11.3. The van der Waals surface area contributed by atoms with Gasteiger partial charge in [-0.05, 0) is 20.9 Å². The summed E-state index contributed by atoms with van der Waals surface area (Å²) < 4.78 is 0. The summed E-state index contributed by atoms with van der Waals surface area (Å²) in [5.41, 5.74) is 0. The second-order valence-electron chi connectivity index (χ2n) is 3.73. The van der Waals surface area contributed by atoms with Crippen LogP contribution in [0.25, 0.3) is 0 Å². The molecule has 4 nitrogen and oxygen atoms in total. The number of nitrogens with one attached hydrogen (secondary N) is 1. The van der Waals surface area contributed by atoms with Crippen molar-refractivity contribution in [3.05, 3.63) is 0 Å². The van der Waals surface area contributed by atoms with Crippen LogP contribution in [-0.2, 0) is 9.59 Å². The fourth-order valence-electron chi connectivity index (χ4n) is 1.54. The molecule has 1 saturated heterocycles. The minimum Gasteiger partial charge on any atom is -0.350 e. The third kappa shape index (κ3) is 2.52. The van der Waals surface area contributed by atoms with Gasteiger partial charge in [-0.1, -0.05) is 0 Å². The molecule has 1 N–H and O–H groups in total. The van der Waals surface area contributed by atoms with Gasteiger partial charge in [0.15, 0.2) is 0 Å². The number of likely N-dealkylation sites (N-methyl/N-ethyl adjacent to an activating group) is 1. The number of carbonyl (C=O) groups is 2. The van der Waals surface area contributed by atoms with E-state index in [1.807, 2.05) is 18.9 Å². The Labute approximate surface area is 78.3 Å². The number of Topliss-reactive ketones (excluding diaryl/α,β-unsaturated/α-hetero) is 1. The molecule has 0 saturated carbocycles. The quantitative estimate of drug-likeness (QED) is 0.645. The molecule has 1 aliphatic heterocycles. The van der Waals surface area contributed by atoms with Gasteiger partial charge in [0.05, 0.1) is 6.04 Å². The maximum absolute atomic E-state index is 11.3. The zero-order valence-electron chi connectivity index (χ0n) is 8.33. The highest BCUT2D eigenvalue weighted by Gasteiger charge is 2.28. The van der Waals surface area contributed by atoms with Gasteiger partial charge in [0.2, 0.25) is 5.91 Å². The second-order valence-corrected chi connectivity index (χ2v) is 3.73. The van der Waals surface area contributed by atoms with Gasteiger partial charge in [-0.3, -0.25) is 14.5 Å². The first-order chi connectivity index (χ1) is 6.00. The fourth-order valence-corrected chi connectivity index (χ4v) is 1.54. The van der Waals surface area contributed by atoms with E-state index in [0.717, 1.165) is 6.54 Å². The molecule has 2 atom stereocenters. The van der Waals surface area contributed by atoms with Crippen LogP contribution >= 0.6 is 0 Å². The maximum Gasteiger partial charge on any atom is 0.237 e. The molecule has 0 bridgehead atoms. The van der Waals surface area contributed by atoms with Crippen LogP contribution in [-0.4, -0.2) is 42.3 Å². The fraction of sp³-hybridized carbons (Fsp3) is 0.778. The summed E-state index contributed by atoms with van der Waals surface area (Å²) in [6, 6.07) is -0.0885. The van der Waals surface area contributed by atoms with Crippen LogP contribution < -0.4 is 5.32 Å². The number of nitrogens with zero attached hydrogens (tertiary/aromatic N) is 1. The average Bonchev–Trinajstić information content (AvgIpc) is 1.98. The highest BCUT2D eigenvalue weighted by atomic mass is 16.2. The minimum atomic E-state index is -0.0804.